The van der Waals surface area contributed by atoms with Crippen LogP contribution in [0.4, 0.5) is 0 Å². The van der Waals surface area contributed by atoms with Gasteiger partial charge < -0.3 is 9.47 Å². The molecule has 4 rings (SSSR count). The van der Waals surface area contributed by atoms with Crippen molar-refractivity contribution in [3.05, 3.63) is 28.2 Å². The molecule has 0 N–H and O–H groups in total. The number of carbonyl (C=O) groups excluding carboxylic acids is 1. The summed E-state index contributed by atoms with van der Waals surface area (Å²) >= 11 is 3.42. The summed E-state index contributed by atoms with van der Waals surface area (Å²) in [5.41, 5.74) is -0.00689. The molecule has 0 radical (unpaired) electrons. The molecule has 2 aliphatic heterocycles. The van der Waals surface area contributed by atoms with Crippen LogP contribution >= 0.6 is 15.9 Å². The summed E-state index contributed by atoms with van der Waals surface area (Å²) in [6.07, 6.45) is 3.08. The molecule has 1 saturated carbocycles. The lowest BCUT2D eigenvalue weighted by Crippen LogP contribution is -2.71. The Kier molecular flexibility index (Phi) is 2.06. The highest BCUT2D eigenvalue weighted by molar-refractivity contribution is 9.10. The van der Waals surface area contributed by atoms with Crippen LogP contribution in [0.5, 0.6) is 5.75 Å². The highest BCUT2D eigenvalue weighted by Gasteiger charge is 2.67. The van der Waals surface area contributed by atoms with Crippen LogP contribution in [-0.4, -0.2) is 24.6 Å². The average molecular weight is 309 g/mol. The van der Waals surface area contributed by atoms with Crippen LogP contribution in [0.15, 0.2) is 22.7 Å². The van der Waals surface area contributed by atoms with Crippen molar-refractivity contribution < 1.29 is 14.3 Å². The SMILES string of the molecule is O=C1c2cc(Br)ccc2OC2(CCC2)C12COC2. The van der Waals surface area contributed by atoms with Gasteiger partial charge in [-0.05, 0) is 37.5 Å². The van der Waals surface area contributed by atoms with E-state index in [9.17, 15) is 4.79 Å². The Labute approximate surface area is 114 Å². The van der Waals surface area contributed by atoms with Crippen molar-refractivity contribution in [1.29, 1.82) is 0 Å². The molecule has 2 heterocycles. The second kappa shape index (κ2) is 3.36. The Bertz CT molecular complexity index is 544. The van der Waals surface area contributed by atoms with Gasteiger partial charge in [-0.25, -0.2) is 0 Å². The number of halogens is 1. The van der Waals surface area contributed by atoms with Crippen molar-refractivity contribution in [3.63, 3.8) is 0 Å². The highest BCUT2D eigenvalue weighted by Crippen LogP contribution is 2.57. The molecule has 18 heavy (non-hydrogen) atoms. The number of ketones is 1. The summed E-state index contributed by atoms with van der Waals surface area (Å²) in [6, 6.07) is 5.68. The third kappa shape index (κ3) is 1.11. The summed E-state index contributed by atoms with van der Waals surface area (Å²) in [7, 11) is 0. The average Bonchev–Trinajstić information content (AvgIpc) is 2.25. The molecule has 0 aromatic heterocycles. The largest absolute Gasteiger partial charge is 0.485 e. The van der Waals surface area contributed by atoms with Gasteiger partial charge in [0.05, 0.1) is 18.8 Å². The van der Waals surface area contributed by atoms with Gasteiger partial charge in [0.2, 0.25) is 0 Å². The summed E-state index contributed by atoms with van der Waals surface area (Å²) in [5.74, 6) is 0.941. The lowest BCUT2D eigenvalue weighted by molar-refractivity contribution is -0.213. The number of rotatable bonds is 0. The standard InChI is InChI=1S/C14H13BrO3/c15-9-2-3-11-10(6-9)12(16)13(7-17-8-13)14(18-11)4-1-5-14/h2-3,6H,1,4-5,7-8H2. The zero-order valence-electron chi connectivity index (χ0n) is 9.87. The molecular weight excluding hydrogens is 296 g/mol. The van der Waals surface area contributed by atoms with Crippen LogP contribution in [-0.2, 0) is 4.74 Å². The summed E-state index contributed by atoms with van der Waals surface area (Å²) in [5, 5.41) is 0. The Morgan fingerprint density at radius 1 is 1.22 bits per heavy atom. The molecule has 1 aromatic carbocycles. The van der Waals surface area contributed by atoms with Crippen LogP contribution < -0.4 is 4.74 Å². The summed E-state index contributed by atoms with van der Waals surface area (Å²) < 4.78 is 12.5. The maximum Gasteiger partial charge on any atom is 0.181 e. The van der Waals surface area contributed by atoms with Crippen LogP contribution in [0.3, 0.4) is 0 Å². The van der Waals surface area contributed by atoms with E-state index in [4.69, 9.17) is 9.47 Å². The molecule has 0 atom stereocenters. The number of carbonyl (C=O) groups is 1. The smallest absolute Gasteiger partial charge is 0.181 e. The number of hydrogen-bond acceptors (Lipinski definition) is 3. The minimum Gasteiger partial charge on any atom is -0.485 e. The Morgan fingerprint density at radius 2 is 2.00 bits per heavy atom. The number of ether oxygens (including phenoxy) is 2. The fourth-order valence-corrected chi connectivity index (χ4v) is 3.68. The van der Waals surface area contributed by atoms with E-state index in [0.717, 1.165) is 29.5 Å². The van der Waals surface area contributed by atoms with E-state index >= 15 is 0 Å². The zero-order chi connectivity index (χ0) is 12.4. The van der Waals surface area contributed by atoms with Crippen LogP contribution in [0, 0.1) is 5.41 Å². The monoisotopic (exact) mass is 308 g/mol. The van der Waals surface area contributed by atoms with Crippen LogP contribution in [0.25, 0.3) is 0 Å². The molecule has 1 aromatic rings. The van der Waals surface area contributed by atoms with Gasteiger partial charge in [0.1, 0.15) is 16.8 Å². The normalized spacial score (nSPS) is 26.2. The molecule has 2 spiro atoms. The van der Waals surface area contributed by atoms with Crippen molar-refractivity contribution in [2.24, 2.45) is 5.41 Å². The molecular formula is C14H13BrO3. The van der Waals surface area contributed by atoms with E-state index in [-0.39, 0.29) is 11.4 Å². The van der Waals surface area contributed by atoms with Crippen LogP contribution in [0.2, 0.25) is 0 Å². The lowest BCUT2D eigenvalue weighted by atomic mass is 9.56. The molecule has 0 amide bonds. The van der Waals surface area contributed by atoms with E-state index in [1.807, 2.05) is 18.2 Å². The summed E-state index contributed by atoms with van der Waals surface area (Å²) in [4.78, 5) is 12.8. The number of benzene rings is 1. The molecule has 94 valence electrons. The first-order chi connectivity index (χ1) is 8.67. The molecule has 4 heteroatoms. The molecule has 3 nitrogen and oxygen atoms in total. The number of hydrogen-bond donors (Lipinski definition) is 0. The Balaban J connectivity index is 1.89. The first kappa shape index (κ1) is 11.0. The van der Waals surface area contributed by atoms with E-state index < -0.39 is 5.41 Å². The molecule has 2 fully saturated rings. The Morgan fingerprint density at radius 3 is 2.56 bits per heavy atom. The first-order valence-corrected chi connectivity index (χ1v) is 7.07. The Hall–Kier alpha value is -0.870. The predicted molar refractivity (Wildman–Crippen MR) is 68.9 cm³/mol. The highest BCUT2D eigenvalue weighted by atomic mass is 79.9. The quantitative estimate of drug-likeness (QED) is 0.739. The third-order valence-corrected chi connectivity index (χ3v) is 5.15. The van der Waals surface area contributed by atoms with E-state index in [2.05, 4.69) is 15.9 Å². The fourth-order valence-electron chi connectivity index (χ4n) is 3.32. The van der Waals surface area contributed by atoms with Crippen molar-refractivity contribution in [1.82, 2.24) is 0 Å². The van der Waals surface area contributed by atoms with E-state index in [1.54, 1.807) is 0 Å². The molecule has 1 aliphatic carbocycles. The summed E-state index contributed by atoms with van der Waals surface area (Å²) in [6.45, 7) is 1.02. The second-order valence-electron chi connectivity index (χ2n) is 5.49. The number of Topliss-reactive ketones (excluding diaryl/α,β-unsaturated/α-hetero) is 1. The van der Waals surface area contributed by atoms with Gasteiger partial charge in [-0.2, -0.15) is 0 Å². The van der Waals surface area contributed by atoms with Gasteiger partial charge in [-0.3, -0.25) is 4.79 Å². The van der Waals surface area contributed by atoms with Gasteiger partial charge in [0.15, 0.2) is 5.78 Å². The maximum atomic E-state index is 12.8. The van der Waals surface area contributed by atoms with Gasteiger partial charge in [0, 0.05) is 4.47 Å². The van der Waals surface area contributed by atoms with Gasteiger partial charge in [-0.15, -0.1) is 0 Å². The zero-order valence-corrected chi connectivity index (χ0v) is 11.5. The maximum absolute atomic E-state index is 12.8. The van der Waals surface area contributed by atoms with Gasteiger partial charge >= 0.3 is 0 Å². The van der Waals surface area contributed by atoms with Gasteiger partial charge in [-0.1, -0.05) is 15.9 Å². The van der Waals surface area contributed by atoms with Crippen molar-refractivity contribution in [2.45, 2.75) is 24.9 Å². The van der Waals surface area contributed by atoms with Crippen molar-refractivity contribution in [3.8, 4) is 5.75 Å². The first-order valence-electron chi connectivity index (χ1n) is 6.28. The number of fused-ring (bicyclic) bond motifs is 2. The van der Waals surface area contributed by atoms with E-state index in [0.29, 0.717) is 18.8 Å². The topological polar surface area (TPSA) is 35.5 Å². The van der Waals surface area contributed by atoms with Crippen molar-refractivity contribution in [2.75, 3.05) is 13.2 Å². The molecule has 3 aliphatic rings. The molecule has 1 saturated heterocycles. The predicted octanol–water partition coefficient (Wildman–Crippen LogP) is 2.96. The van der Waals surface area contributed by atoms with Crippen LogP contribution in [0.1, 0.15) is 29.6 Å². The fraction of sp³-hybridized carbons (Fsp3) is 0.500. The van der Waals surface area contributed by atoms with Gasteiger partial charge in [0.25, 0.3) is 0 Å². The minimum absolute atomic E-state index is 0.205. The molecule has 0 unspecified atom stereocenters. The molecule has 0 bridgehead atoms. The third-order valence-electron chi connectivity index (χ3n) is 4.66. The lowest BCUT2D eigenvalue weighted by Gasteiger charge is -2.60. The van der Waals surface area contributed by atoms with E-state index in [1.165, 1.54) is 0 Å². The second-order valence-corrected chi connectivity index (χ2v) is 6.41. The van der Waals surface area contributed by atoms with Crippen molar-refractivity contribution >= 4 is 21.7 Å². The minimum atomic E-state index is -0.418.